The van der Waals surface area contributed by atoms with Gasteiger partial charge in [0.2, 0.25) is 0 Å². The Morgan fingerprint density at radius 3 is 2.53 bits per heavy atom. The molecule has 0 saturated carbocycles. The number of phenols is 1. The van der Waals surface area contributed by atoms with Crippen LogP contribution in [0.15, 0.2) is 23.3 Å². The van der Waals surface area contributed by atoms with Crippen molar-refractivity contribution in [3.63, 3.8) is 0 Å². The summed E-state index contributed by atoms with van der Waals surface area (Å²) in [6.07, 6.45) is 0. The molecule has 0 heterocycles. The lowest BCUT2D eigenvalue weighted by atomic mass is 9.99. The highest BCUT2D eigenvalue weighted by Crippen LogP contribution is 2.23. The second kappa shape index (κ2) is 5.77. The van der Waals surface area contributed by atoms with Gasteiger partial charge >= 0.3 is 0 Å². The summed E-state index contributed by atoms with van der Waals surface area (Å²) in [5.41, 5.74) is 5.35. The van der Waals surface area contributed by atoms with Crippen molar-refractivity contribution in [2.24, 2.45) is 5.10 Å². The van der Waals surface area contributed by atoms with Gasteiger partial charge in [0.25, 0.3) is 0 Å². The van der Waals surface area contributed by atoms with E-state index < -0.39 is 0 Å². The molecule has 1 aromatic rings. The molecular weight excluding hydrogens is 232 g/mol. The van der Waals surface area contributed by atoms with E-state index >= 15 is 0 Å². The molecule has 0 unspecified atom stereocenters. The Morgan fingerprint density at radius 2 is 2.00 bits per heavy atom. The van der Waals surface area contributed by atoms with Crippen molar-refractivity contribution in [3.8, 4) is 5.75 Å². The maximum atomic E-state index is 9.81. The number of aromatic hydroxyl groups is 1. The fourth-order valence-corrected chi connectivity index (χ4v) is 1.47. The zero-order valence-corrected chi connectivity index (χ0v) is 11.4. The fraction of sp³-hybridized carbons (Fsp3) is 0.385. The van der Waals surface area contributed by atoms with E-state index in [0.29, 0.717) is 16.6 Å². The number of hydrogen-bond acceptors (Lipinski definition) is 3. The van der Waals surface area contributed by atoms with E-state index in [-0.39, 0.29) is 5.75 Å². The normalized spacial score (nSPS) is 11.7. The van der Waals surface area contributed by atoms with Crippen molar-refractivity contribution in [2.75, 3.05) is 0 Å². The number of nitrogens with one attached hydrogen (secondary N) is 1. The van der Waals surface area contributed by atoms with Crippen LogP contribution in [0.1, 0.15) is 44.7 Å². The molecule has 0 aromatic heterocycles. The van der Waals surface area contributed by atoms with Crippen LogP contribution < -0.4 is 5.43 Å². The molecule has 0 spiro atoms. The van der Waals surface area contributed by atoms with Crippen molar-refractivity contribution in [1.82, 2.24) is 5.43 Å². The molecule has 17 heavy (non-hydrogen) atoms. The summed E-state index contributed by atoms with van der Waals surface area (Å²) in [6, 6.07) is 5.59. The Bertz CT molecular complexity index is 453. The lowest BCUT2D eigenvalue weighted by molar-refractivity contribution is 0.473. The van der Waals surface area contributed by atoms with Crippen LogP contribution in [0.5, 0.6) is 5.75 Å². The standard InChI is InChI=1S/C13H18N2OS/c1-8(2)11-5-6-13(16)12(7-11)9(3)14-15-10(4)17/h5-8,16H,1-4H3,(H,15,17)/b14-9+. The summed E-state index contributed by atoms with van der Waals surface area (Å²) < 4.78 is 0. The Morgan fingerprint density at radius 1 is 1.35 bits per heavy atom. The highest BCUT2D eigenvalue weighted by atomic mass is 32.1. The zero-order valence-electron chi connectivity index (χ0n) is 10.6. The van der Waals surface area contributed by atoms with Crippen LogP contribution in [0.2, 0.25) is 0 Å². The number of hydrazone groups is 1. The number of thiocarbonyl (C=S) groups is 1. The first-order valence-electron chi connectivity index (χ1n) is 5.56. The lowest BCUT2D eigenvalue weighted by Crippen LogP contribution is -2.13. The summed E-state index contributed by atoms with van der Waals surface area (Å²) in [4.78, 5) is 0.601. The van der Waals surface area contributed by atoms with Gasteiger partial charge in [-0.1, -0.05) is 32.1 Å². The van der Waals surface area contributed by atoms with Crippen LogP contribution in [0.25, 0.3) is 0 Å². The Labute approximate surface area is 108 Å². The van der Waals surface area contributed by atoms with Gasteiger partial charge < -0.3 is 5.11 Å². The third kappa shape index (κ3) is 3.82. The lowest BCUT2D eigenvalue weighted by Gasteiger charge is -2.10. The van der Waals surface area contributed by atoms with E-state index in [9.17, 15) is 5.11 Å². The molecule has 0 fully saturated rings. The van der Waals surface area contributed by atoms with Gasteiger partial charge in [-0.25, -0.2) is 0 Å². The number of hydrogen-bond donors (Lipinski definition) is 2. The van der Waals surface area contributed by atoms with Gasteiger partial charge in [-0.15, -0.1) is 0 Å². The second-order valence-corrected chi connectivity index (χ2v) is 4.91. The number of nitrogens with zero attached hydrogens (tertiary/aromatic N) is 1. The highest BCUT2D eigenvalue weighted by Gasteiger charge is 2.08. The van der Waals surface area contributed by atoms with Crippen LogP contribution in [0.3, 0.4) is 0 Å². The SMILES string of the molecule is CC(=S)N/N=C(\C)c1cc(C(C)C)ccc1O. The van der Waals surface area contributed by atoms with E-state index in [0.717, 1.165) is 5.56 Å². The molecule has 92 valence electrons. The van der Waals surface area contributed by atoms with E-state index in [1.54, 1.807) is 13.0 Å². The van der Waals surface area contributed by atoms with Crippen LogP contribution in [0.4, 0.5) is 0 Å². The molecule has 1 rings (SSSR count). The van der Waals surface area contributed by atoms with Crippen LogP contribution in [-0.2, 0) is 0 Å². The molecule has 0 aliphatic rings. The minimum Gasteiger partial charge on any atom is -0.507 e. The van der Waals surface area contributed by atoms with Gasteiger partial charge in [0.1, 0.15) is 5.75 Å². The van der Waals surface area contributed by atoms with Crippen LogP contribution in [0, 0.1) is 0 Å². The van der Waals surface area contributed by atoms with Crippen LogP contribution in [-0.4, -0.2) is 15.8 Å². The summed E-state index contributed by atoms with van der Waals surface area (Å²) in [6.45, 7) is 7.82. The minimum atomic E-state index is 0.236. The third-order valence-electron chi connectivity index (χ3n) is 2.46. The predicted octanol–water partition coefficient (Wildman–Crippen LogP) is 3.18. The van der Waals surface area contributed by atoms with Crippen molar-refractivity contribution < 1.29 is 5.11 Å². The first-order valence-corrected chi connectivity index (χ1v) is 5.96. The average Bonchev–Trinajstić information content (AvgIpc) is 2.26. The summed E-state index contributed by atoms with van der Waals surface area (Å²) in [7, 11) is 0. The van der Waals surface area contributed by atoms with Gasteiger partial charge in [0.05, 0.1) is 10.7 Å². The summed E-state index contributed by atoms with van der Waals surface area (Å²) in [5, 5.41) is 13.9. The second-order valence-electron chi connectivity index (χ2n) is 4.30. The van der Waals surface area contributed by atoms with Gasteiger partial charge in [-0.2, -0.15) is 5.10 Å². The number of phenolic OH excluding ortho intramolecular Hbond substituents is 1. The van der Waals surface area contributed by atoms with Crippen molar-refractivity contribution in [3.05, 3.63) is 29.3 Å². The molecule has 0 atom stereocenters. The first kappa shape index (κ1) is 13.6. The molecule has 2 N–H and O–H groups in total. The van der Waals surface area contributed by atoms with E-state index in [4.69, 9.17) is 12.2 Å². The Hall–Kier alpha value is -1.42. The molecule has 3 nitrogen and oxygen atoms in total. The van der Waals surface area contributed by atoms with Gasteiger partial charge in [-0.3, -0.25) is 5.43 Å². The molecule has 4 heteroatoms. The van der Waals surface area contributed by atoms with Crippen molar-refractivity contribution in [2.45, 2.75) is 33.6 Å². The molecule has 0 amide bonds. The summed E-state index contributed by atoms with van der Waals surface area (Å²) >= 11 is 4.88. The number of rotatable bonds is 3. The maximum Gasteiger partial charge on any atom is 0.124 e. The third-order valence-corrected chi connectivity index (χ3v) is 2.55. The molecule has 0 bridgehead atoms. The first-order chi connectivity index (χ1) is 7.91. The summed E-state index contributed by atoms with van der Waals surface area (Å²) in [5.74, 6) is 0.654. The largest absolute Gasteiger partial charge is 0.507 e. The van der Waals surface area contributed by atoms with Crippen molar-refractivity contribution in [1.29, 1.82) is 0 Å². The fourth-order valence-electron chi connectivity index (χ4n) is 1.43. The Balaban J connectivity index is 3.07. The van der Waals surface area contributed by atoms with E-state index in [1.807, 2.05) is 19.1 Å². The van der Waals surface area contributed by atoms with Crippen molar-refractivity contribution >= 4 is 22.9 Å². The minimum absolute atomic E-state index is 0.236. The molecule has 0 radical (unpaired) electrons. The predicted molar refractivity (Wildman–Crippen MR) is 75.8 cm³/mol. The zero-order chi connectivity index (χ0) is 13.0. The molecule has 0 saturated heterocycles. The molecule has 0 aliphatic carbocycles. The quantitative estimate of drug-likeness (QED) is 0.492. The number of benzene rings is 1. The topological polar surface area (TPSA) is 44.6 Å². The van der Waals surface area contributed by atoms with Gasteiger partial charge in [0, 0.05) is 5.56 Å². The average molecular weight is 250 g/mol. The smallest absolute Gasteiger partial charge is 0.124 e. The highest BCUT2D eigenvalue weighted by molar-refractivity contribution is 7.80. The molecule has 1 aromatic carbocycles. The monoisotopic (exact) mass is 250 g/mol. The van der Waals surface area contributed by atoms with Crippen LogP contribution >= 0.6 is 12.2 Å². The Kier molecular flexibility index (Phi) is 4.63. The molecule has 0 aliphatic heterocycles. The maximum absolute atomic E-state index is 9.81. The van der Waals surface area contributed by atoms with E-state index in [2.05, 4.69) is 24.4 Å². The van der Waals surface area contributed by atoms with Gasteiger partial charge in [0.15, 0.2) is 0 Å². The molecular formula is C13H18N2OS. The van der Waals surface area contributed by atoms with Gasteiger partial charge in [-0.05, 0) is 37.5 Å². The van der Waals surface area contributed by atoms with E-state index in [1.165, 1.54) is 5.56 Å².